The van der Waals surface area contributed by atoms with Gasteiger partial charge in [-0.15, -0.1) is 13.0 Å². The number of nitrogens with one attached hydrogen (secondary N) is 2. The molecule has 0 aliphatic carbocycles. The lowest BCUT2D eigenvalue weighted by atomic mass is 9.85. The minimum Gasteiger partial charge on any atom is -0.506 e. The second-order valence-electron chi connectivity index (χ2n) is 8.98. The molecule has 3 rings (SSSR count). The van der Waals surface area contributed by atoms with Crippen LogP contribution >= 0.6 is 0 Å². The Morgan fingerprint density at radius 1 is 1.32 bits per heavy atom. The quantitative estimate of drug-likeness (QED) is 0.104. The molecule has 1 saturated heterocycles. The predicted octanol–water partition coefficient (Wildman–Crippen LogP) is 2.03. The number of methoxy groups -OCH3 is 1. The number of rotatable bonds is 11. The maximum Gasteiger partial charge on any atom is 0.431 e. The van der Waals surface area contributed by atoms with Gasteiger partial charge in [-0.05, 0) is 32.4 Å². The Labute approximate surface area is 230 Å². The van der Waals surface area contributed by atoms with Crippen LogP contribution < -0.4 is 21.3 Å². The van der Waals surface area contributed by atoms with E-state index < -0.39 is 41.9 Å². The highest BCUT2D eigenvalue weighted by Gasteiger charge is 2.55. The summed E-state index contributed by atoms with van der Waals surface area (Å²) in [4.78, 5) is 34.5. The van der Waals surface area contributed by atoms with Crippen LogP contribution in [0.3, 0.4) is 0 Å². The summed E-state index contributed by atoms with van der Waals surface area (Å²) in [7, 11) is 2.70. The largest absolute Gasteiger partial charge is 0.506 e. The topological polar surface area (TPSA) is 167 Å². The van der Waals surface area contributed by atoms with Gasteiger partial charge in [0.25, 0.3) is 0 Å². The second kappa shape index (κ2) is 12.9. The van der Waals surface area contributed by atoms with Gasteiger partial charge in [-0.2, -0.15) is 5.48 Å². The van der Waals surface area contributed by atoms with Crippen LogP contribution in [0, 0.1) is 19.3 Å². The number of aliphatic hydroxyl groups is 1. The van der Waals surface area contributed by atoms with Crippen molar-refractivity contribution in [3.05, 3.63) is 52.9 Å². The molecule has 1 aromatic heterocycles. The third-order valence-corrected chi connectivity index (χ3v) is 6.28. The SMILES string of the molecule is C#CCONC(=O)O[C@H]1[C@@H](O)[C@H](Oc2ccc3c(O)c(C(=C)NOC)c(=O)oc3c2C)O[C@@](C)(CC=C)[C@@H]1OC. The van der Waals surface area contributed by atoms with Crippen molar-refractivity contribution < 1.29 is 48.0 Å². The molecule has 1 aromatic carbocycles. The number of aromatic hydroxyl groups is 1. The van der Waals surface area contributed by atoms with Crippen molar-refractivity contribution in [3.63, 3.8) is 0 Å². The summed E-state index contributed by atoms with van der Waals surface area (Å²) in [5, 5.41) is 22.1. The molecule has 0 unspecified atom stereocenters. The van der Waals surface area contributed by atoms with Crippen molar-refractivity contribution >= 4 is 22.8 Å². The van der Waals surface area contributed by atoms with E-state index in [1.807, 2.05) is 5.48 Å². The summed E-state index contributed by atoms with van der Waals surface area (Å²) in [5.41, 5.74) is 2.52. The Morgan fingerprint density at radius 3 is 2.67 bits per heavy atom. The van der Waals surface area contributed by atoms with Crippen molar-refractivity contribution in [1.82, 2.24) is 11.0 Å². The summed E-state index contributed by atoms with van der Waals surface area (Å²) in [6.07, 6.45) is 0.717. The van der Waals surface area contributed by atoms with Gasteiger partial charge in [-0.3, -0.25) is 15.2 Å². The van der Waals surface area contributed by atoms with Gasteiger partial charge in [0.1, 0.15) is 41.0 Å². The number of amides is 1. The average Bonchev–Trinajstić information content (AvgIpc) is 2.89. The number of carbonyl (C=O) groups is 1. The highest BCUT2D eigenvalue weighted by Crippen LogP contribution is 2.39. The summed E-state index contributed by atoms with van der Waals surface area (Å²) >= 11 is 0. The highest BCUT2D eigenvalue weighted by atomic mass is 16.7. The molecule has 13 nitrogen and oxygen atoms in total. The number of fused-ring (bicyclic) bond motifs is 1. The van der Waals surface area contributed by atoms with Gasteiger partial charge in [0, 0.05) is 12.7 Å². The van der Waals surface area contributed by atoms with Crippen LogP contribution in [0.25, 0.3) is 16.7 Å². The van der Waals surface area contributed by atoms with Gasteiger partial charge in [-0.1, -0.05) is 18.6 Å². The van der Waals surface area contributed by atoms with Crippen LogP contribution in [0.4, 0.5) is 4.79 Å². The van der Waals surface area contributed by atoms with Crippen molar-refractivity contribution in [1.29, 1.82) is 0 Å². The van der Waals surface area contributed by atoms with Crippen molar-refractivity contribution in [3.8, 4) is 23.8 Å². The van der Waals surface area contributed by atoms with E-state index in [0.29, 0.717) is 5.56 Å². The lowest BCUT2D eigenvalue weighted by Gasteiger charge is -2.48. The number of benzene rings is 1. The fourth-order valence-electron chi connectivity index (χ4n) is 4.49. The van der Waals surface area contributed by atoms with Crippen LogP contribution in [-0.4, -0.2) is 67.3 Å². The van der Waals surface area contributed by atoms with E-state index in [0.717, 1.165) is 0 Å². The van der Waals surface area contributed by atoms with Crippen LogP contribution in [0.5, 0.6) is 11.5 Å². The van der Waals surface area contributed by atoms with Crippen molar-refractivity contribution in [2.45, 2.75) is 50.5 Å². The van der Waals surface area contributed by atoms with E-state index in [1.165, 1.54) is 26.4 Å². The molecule has 0 bridgehead atoms. The predicted molar refractivity (Wildman–Crippen MR) is 142 cm³/mol. The maximum atomic E-state index is 12.7. The van der Waals surface area contributed by atoms with E-state index in [9.17, 15) is 19.8 Å². The molecule has 4 N–H and O–H groups in total. The van der Waals surface area contributed by atoms with Gasteiger partial charge in [0.05, 0.1) is 18.2 Å². The van der Waals surface area contributed by atoms with E-state index >= 15 is 0 Å². The van der Waals surface area contributed by atoms with Gasteiger partial charge in [0.2, 0.25) is 6.29 Å². The molecule has 0 spiro atoms. The number of hydroxylamine groups is 2. The van der Waals surface area contributed by atoms with Crippen LogP contribution in [0.15, 0.2) is 40.6 Å². The third-order valence-electron chi connectivity index (χ3n) is 6.28. The molecule has 216 valence electrons. The molecule has 0 radical (unpaired) electrons. The summed E-state index contributed by atoms with van der Waals surface area (Å²) in [5.74, 6) is 1.96. The molecule has 0 saturated carbocycles. The summed E-state index contributed by atoms with van der Waals surface area (Å²) in [6, 6.07) is 2.95. The number of ether oxygens (including phenoxy) is 4. The van der Waals surface area contributed by atoms with Crippen LogP contribution in [-0.2, 0) is 23.9 Å². The molecule has 1 amide bonds. The number of hydrogen-bond acceptors (Lipinski definition) is 12. The van der Waals surface area contributed by atoms with E-state index in [-0.39, 0.29) is 46.8 Å². The highest BCUT2D eigenvalue weighted by molar-refractivity contribution is 5.91. The Balaban J connectivity index is 1.98. The Kier molecular flexibility index (Phi) is 9.80. The lowest BCUT2D eigenvalue weighted by Crippen LogP contribution is -2.66. The first kappa shape index (κ1) is 30.5. The second-order valence-corrected chi connectivity index (χ2v) is 8.98. The fraction of sp³-hybridized carbons (Fsp3) is 0.407. The monoisotopic (exact) mass is 560 g/mol. The Hall–Kier alpha value is -4.06. The summed E-state index contributed by atoms with van der Waals surface area (Å²) in [6.45, 7) is 10.5. The van der Waals surface area contributed by atoms with Crippen LogP contribution in [0.1, 0.15) is 24.5 Å². The molecule has 1 aliphatic heterocycles. The number of aliphatic hydroxyl groups excluding tert-OH is 1. The standard InChI is InChI=1S/C27H32N2O11/c1-8-12-27(5)23(34-6)22(39-26(33)29-36-13-9-2)20(31)25(40-27)37-17-11-10-16-19(30)18(15(4)28-35-7)24(32)38-21(16)14(17)3/h2,8,10-11,20,22-23,25,28,30-31H,1,4,12-13H2,3,5-7H3,(H,29,33)/t20-,22+,23-,25-,27+/m1/s1. The van der Waals surface area contributed by atoms with E-state index in [2.05, 4.69) is 24.6 Å². The van der Waals surface area contributed by atoms with Gasteiger partial charge < -0.3 is 33.6 Å². The molecular formula is C27H32N2O11. The lowest BCUT2D eigenvalue weighted by molar-refractivity contribution is -0.309. The maximum absolute atomic E-state index is 12.7. The number of hydrogen-bond donors (Lipinski definition) is 4. The average molecular weight is 561 g/mol. The zero-order valence-corrected chi connectivity index (χ0v) is 22.5. The number of terminal acetylenes is 1. The molecule has 2 aromatic rings. The molecule has 13 heteroatoms. The normalized spacial score (nSPS) is 24.1. The number of aryl methyl sites for hydroxylation is 1. The first-order valence-electron chi connectivity index (χ1n) is 12.0. The number of carbonyl (C=O) groups excluding carboxylic acids is 1. The Morgan fingerprint density at radius 2 is 2.05 bits per heavy atom. The molecule has 40 heavy (non-hydrogen) atoms. The molecule has 1 fully saturated rings. The van der Waals surface area contributed by atoms with E-state index in [4.69, 9.17) is 39.5 Å². The molecule has 5 atom stereocenters. The first-order valence-corrected chi connectivity index (χ1v) is 12.0. The fourth-order valence-corrected chi connectivity index (χ4v) is 4.49. The van der Waals surface area contributed by atoms with Gasteiger partial charge in [-0.25, -0.2) is 9.59 Å². The minimum absolute atomic E-state index is 0.00123. The zero-order valence-electron chi connectivity index (χ0n) is 22.5. The molecular weight excluding hydrogens is 528 g/mol. The molecule has 2 heterocycles. The molecule has 1 aliphatic rings. The zero-order chi connectivity index (χ0) is 29.6. The Bertz CT molecular complexity index is 1360. The van der Waals surface area contributed by atoms with Crippen molar-refractivity contribution in [2.75, 3.05) is 20.8 Å². The van der Waals surface area contributed by atoms with Gasteiger partial charge >= 0.3 is 11.7 Å². The third kappa shape index (κ3) is 6.06. The first-order chi connectivity index (χ1) is 19.0. The van der Waals surface area contributed by atoms with Crippen molar-refractivity contribution in [2.24, 2.45) is 0 Å². The van der Waals surface area contributed by atoms with E-state index in [1.54, 1.807) is 19.9 Å². The van der Waals surface area contributed by atoms with Crippen LogP contribution in [0.2, 0.25) is 0 Å². The minimum atomic E-state index is -1.55. The summed E-state index contributed by atoms with van der Waals surface area (Å²) < 4.78 is 28.6. The smallest absolute Gasteiger partial charge is 0.431 e. The van der Waals surface area contributed by atoms with Gasteiger partial charge in [0.15, 0.2) is 12.2 Å².